The summed E-state index contributed by atoms with van der Waals surface area (Å²) < 4.78 is 5.40. The van der Waals surface area contributed by atoms with Gasteiger partial charge in [-0.25, -0.2) is 0 Å². The minimum atomic E-state index is -0.353. The van der Waals surface area contributed by atoms with Gasteiger partial charge >= 0.3 is 0 Å². The van der Waals surface area contributed by atoms with Crippen molar-refractivity contribution in [2.24, 2.45) is 0 Å². The first kappa shape index (κ1) is 23.7. The number of benzene rings is 3. The van der Waals surface area contributed by atoms with E-state index in [1.807, 2.05) is 61.5 Å². The molecule has 0 heterocycles. The van der Waals surface area contributed by atoms with Crippen LogP contribution in [0.1, 0.15) is 18.1 Å². The van der Waals surface area contributed by atoms with Crippen LogP contribution in [0.25, 0.3) is 6.08 Å². The number of hydrogen-bond donors (Lipinski definition) is 3. The Morgan fingerprint density at radius 3 is 2.30 bits per heavy atom. The third kappa shape index (κ3) is 8.23. The molecule has 0 saturated carbocycles. The van der Waals surface area contributed by atoms with E-state index in [-0.39, 0.29) is 23.3 Å². The number of carbonyl (C=O) groups excluding carboxylic acids is 2. The number of nitrogens with one attached hydrogen (secondary N) is 3. The second-order valence-electron chi connectivity index (χ2n) is 7.07. The molecule has 2 amide bonds. The predicted octanol–water partition coefficient (Wildman–Crippen LogP) is 4.79. The molecule has 0 aliphatic rings. The maximum Gasteiger partial charge on any atom is 0.250 e. The largest absolute Gasteiger partial charge is 0.494 e. The van der Waals surface area contributed by atoms with Crippen LogP contribution in [0.4, 0.5) is 11.4 Å². The van der Waals surface area contributed by atoms with Crippen LogP contribution >= 0.6 is 12.2 Å². The van der Waals surface area contributed by atoms with Gasteiger partial charge in [0.25, 0.3) is 0 Å². The minimum absolute atomic E-state index is 0.117. The van der Waals surface area contributed by atoms with Gasteiger partial charge in [-0.1, -0.05) is 48.5 Å². The molecule has 168 valence electrons. The number of thiocarbonyl (C=S) groups is 1. The first-order valence-corrected chi connectivity index (χ1v) is 10.9. The standard InChI is InChI=1S/C26H25N3O3S/c1-2-32-23-14-11-19(12-15-23)13-16-24(30)29-26(33)28-22-10-6-9-21(18-22)27-25(31)17-20-7-4-3-5-8-20/h3-16,18H,2,17H2,1H3,(H,27,31)(H2,28,29,30,33)/b16-13+. The molecule has 0 radical (unpaired) electrons. The molecular weight excluding hydrogens is 434 g/mol. The summed E-state index contributed by atoms with van der Waals surface area (Å²) in [7, 11) is 0. The topological polar surface area (TPSA) is 79.5 Å². The van der Waals surface area contributed by atoms with Crippen molar-refractivity contribution in [2.75, 3.05) is 17.2 Å². The zero-order valence-corrected chi connectivity index (χ0v) is 19.0. The summed E-state index contributed by atoms with van der Waals surface area (Å²) in [6.45, 7) is 2.53. The number of ether oxygens (including phenoxy) is 1. The third-order valence-electron chi connectivity index (χ3n) is 4.47. The quantitative estimate of drug-likeness (QED) is 0.333. The average molecular weight is 460 g/mol. The zero-order valence-electron chi connectivity index (χ0n) is 18.2. The van der Waals surface area contributed by atoms with Crippen molar-refractivity contribution in [1.29, 1.82) is 0 Å². The van der Waals surface area contributed by atoms with Crippen LogP contribution in [-0.2, 0) is 16.0 Å². The molecule has 0 bridgehead atoms. The predicted molar refractivity (Wildman–Crippen MR) is 136 cm³/mol. The van der Waals surface area contributed by atoms with E-state index >= 15 is 0 Å². The van der Waals surface area contributed by atoms with Crippen LogP contribution in [0.5, 0.6) is 5.75 Å². The fraction of sp³-hybridized carbons (Fsp3) is 0.115. The van der Waals surface area contributed by atoms with Gasteiger partial charge < -0.3 is 15.4 Å². The van der Waals surface area contributed by atoms with Crippen molar-refractivity contribution in [3.8, 4) is 5.75 Å². The molecule has 33 heavy (non-hydrogen) atoms. The van der Waals surface area contributed by atoms with Gasteiger partial charge in [0.05, 0.1) is 13.0 Å². The maximum atomic E-state index is 12.3. The van der Waals surface area contributed by atoms with E-state index in [2.05, 4.69) is 16.0 Å². The Bertz CT molecular complexity index is 1130. The Kier molecular flexibility index (Phi) is 8.73. The lowest BCUT2D eigenvalue weighted by molar-refractivity contribution is -0.116. The molecule has 3 aromatic carbocycles. The number of amides is 2. The first-order chi connectivity index (χ1) is 16.0. The Hall–Kier alpha value is -3.97. The van der Waals surface area contributed by atoms with Crippen molar-refractivity contribution in [3.05, 3.63) is 96.1 Å². The lowest BCUT2D eigenvalue weighted by Gasteiger charge is -2.11. The van der Waals surface area contributed by atoms with Gasteiger partial charge in [-0.05, 0) is 66.7 Å². The van der Waals surface area contributed by atoms with Gasteiger partial charge in [0, 0.05) is 17.5 Å². The number of anilines is 2. The van der Waals surface area contributed by atoms with Crippen molar-refractivity contribution in [1.82, 2.24) is 5.32 Å². The van der Waals surface area contributed by atoms with Gasteiger partial charge in [0.1, 0.15) is 5.75 Å². The van der Waals surface area contributed by atoms with E-state index in [0.717, 1.165) is 16.9 Å². The molecule has 3 N–H and O–H groups in total. The van der Waals surface area contributed by atoms with Gasteiger partial charge in [-0.3, -0.25) is 14.9 Å². The smallest absolute Gasteiger partial charge is 0.250 e. The molecule has 0 fully saturated rings. The number of carbonyl (C=O) groups is 2. The minimum Gasteiger partial charge on any atom is -0.494 e. The van der Waals surface area contributed by atoms with Crippen LogP contribution < -0.4 is 20.7 Å². The lowest BCUT2D eigenvalue weighted by atomic mass is 10.1. The molecule has 7 heteroatoms. The fourth-order valence-corrected chi connectivity index (χ4v) is 3.21. The van der Waals surface area contributed by atoms with E-state index in [9.17, 15) is 9.59 Å². The van der Waals surface area contributed by atoms with Gasteiger partial charge in [0.2, 0.25) is 11.8 Å². The van der Waals surface area contributed by atoms with Crippen molar-refractivity contribution in [2.45, 2.75) is 13.3 Å². The molecule has 3 aromatic rings. The summed E-state index contributed by atoms with van der Waals surface area (Å²) in [5.41, 5.74) is 3.08. The molecule has 0 aromatic heterocycles. The Morgan fingerprint density at radius 2 is 1.61 bits per heavy atom. The van der Waals surface area contributed by atoms with Crippen LogP contribution in [0.3, 0.4) is 0 Å². The van der Waals surface area contributed by atoms with E-state index in [4.69, 9.17) is 17.0 Å². The molecule has 0 spiro atoms. The Morgan fingerprint density at radius 1 is 0.909 bits per heavy atom. The van der Waals surface area contributed by atoms with Crippen molar-refractivity contribution >= 4 is 46.6 Å². The van der Waals surface area contributed by atoms with Crippen LogP contribution in [0.2, 0.25) is 0 Å². The summed E-state index contributed by atoms with van der Waals surface area (Å²) in [5, 5.41) is 8.58. The van der Waals surface area contributed by atoms with Crippen molar-refractivity contribution in [3.63, 3.8) is 0 Å². The summed E-state index contributed by atoms with van der Waals surface area (Å²) in [5.74, 6) is 0.310. The first-order valence-electron chi connectivity index (χ1n) is 10.5. The van der Waals surface area contributed by atoms with Gasteiger partial charge in [-0.2, -0.15) is 0 Å². The Labute approximate surface area is 198 Å². The number of rotatable bonds is 8. The normalized spacial score (nSPS) is 10.5. The van der Waals surface area contributed by atoms with Gasteiger partial charge in [-0.15, -0.1) is 0 Å². The van der Waals surface area contributed by atoms with E-state index in [0.29, 0.717) is 18.0 Å². The molecule has 3 rings (SSSR count). The van der Waals surface area contributed by atoms with E-state index in [1.165, 1.54) is 6.08 Å². The van der Waals surface area contributed by atoms with Crippen LogP contribution in [-0.4, -0.2) is 23.5 Å². The summed E-state index contributed by atoms with van der Waals surface area (Å²) >= 11 is 5.23. The highest BCUT2D eigenvalue weighted by Gasteiger charge is 2.06. The molecule has 0 saturated heterocycles. The second kappa shape index (κ2) is 12.2. The molecule has 0 aliphatic carbocycles. The third-order valence-corrected chi connectivity index (χ3v) is 4.67. The highest BCUT2D eigenvalue weighted by atomic mass is 32.1. The molecule has 0 aliphatic heterocycles. The molecular formula is C26H25N3O3S. The highest BCUT2D eigenvalue weighted by Crippen LogP contribution is 2.16. The lowest BCUT2D eigenvalue weighted by Crippen LogP contribution is -2.32. The maximum absolute atomic E-state index is 12.3. The van der Waals surface area contributed by atoms with Crippen molar-refractivity contribution < 1.29 is 14.3 Å². The van der Waals surface area contributed by atoms with Gasteiger partial charge in [0.15, 0.2) is 5.11 Å². The average Bonchev–Trinajstić information content (AvgIpc) is 2.79. The van der Waals surface area contributed by atoms with E-state index < -0.39 is 0 Å². The van der Waals surface area contributed by atoms with Crippen LogP contribution in [0, 0.1) is 0 Å². The molecule has 0 atom stereocenters. The monoisotopic (exact) mass is 459 g/mol. The number of hydrogen-bond acceptors (Lipinski definition) is 4. The van der Waals surface area contributed by atoms with E-state index in [1.54, 1.807) is 30.3 Å². The SMILES string of the molecule is CCOc1ccc(/C=C/C(=O)NC(=S)Nc2cccc(NC(=O)Cc3ccccc3)c2)cc1. The Balaban J connectivity index is 1.49. The fourth-order valence-electron chi connectivity index (χ4n) is 2.99. The highest BCUT2D eigenvalue weighted by molar-refractivity contribution is 7.80. The second-order valence-corrected chi connectivity index (χ2v) is 7.48. The summed E-state index contributed by atoms with van der Waals surface area (Å²) in [4.78, 5) is 24.4. The summed E-state index contributed by atoms with van der Waals surface area (Å²) in [6, 6.07) is 24.1. The zero-order chi connectivity index (χ0) is 23.5. The molecule has 0 unspecified atom stereocenters. The molecule has 6 nitrogen and oxygen atoms in total. The summed E-state index contributed by atoms with van der Waals surface area (Å²) in [6.07, 6.45) is 3.38. The van der Waals surface area contributed by atoms with Crippen LogP contribution in [0.15, 0.2) is 84.9 Å².